The first-order chi connectivity index (χ1) is 9.74. The Morgan fingerprint density at radius 2 is 2.30 bits per heavy atom. The number of carboxylic acid groups (broad SMARTS) is 1. The molecule has 0 saturated carbocycles. The highest BCUT2D eigenvalue weighted by Crippen LogP contribution is 2.34. The molecule has 3 rings (SSSR count). The van der Waals surface area contributed by atoms with Gasteiger partial charge >= 0.3 is 5.97 Å². The minimum atomic E-state index is -0.746. The lowest BCUT2D eigenvalue weighted by atomic mass is 9.94. The van der Waals surface area contributed by atoms with Crippen LogP contribution in [0.5, 0.6) is 0 Å². The number of rotatable bonds is 4. The van der Waals surface area contributed by atoms with Gasteiger partial charge in [-0.2, -0.15) is 4.98 Å². The second kappa shape index (κ2) is 5.42. The standard InChI is InChI=1S/C14H15N3O3/c18-13(19)6-9-5-12(15-7-9)10-3-1-2-4-11(10)14-16-8-20-17-14/h1-4,8-9,12,15H,5-7H2,(H,18,19). The van der Waals surface area contributed by atoms with E-state index in [0.717, 1.165) is 24.1 Å². The van der Waals surface area contributed by atoms with Crippen molar-refractivity contribution in [3.8, 4) is 11.4 Å². The Hall–Kier alpha value is -2.21. The van der Waals surface area contributed by atoms with Crippen LogP contribution in [0.3, 0.4) is 0 Å². The van der Waals surface area contributed by atoms with Gasteiger partial charge in [0.25, 0.3) is 0 Å². The van der Waals surface area contributed by atoms with Gasteiger partial charge in [0.05, 0.1) is 0 Å². The van der Waals surface area contributed by atoms with Crippen molar-refractivity contribution in [3.05, 3.63) is 36.2 Å². The molecule has 1 aliphatic rings. The number of nitrogens with one attached hydrogen (secondary N) is 1. The molecular weight excluding hydrogens is 258 g/mol. The normalized spacial score (nSPS) is 22.0. The third-order valence-corrected chi connectivity index (χ3v) is 3.62. The molecule has 2 unspecified atom stereocenters. The molecule has 0 amide bonds. The van der Waals surface area contributed by atoms with Gasteiger partial charge in [-0.25, -0.2) is 0 Å². The Bertz CT molecular complexity index is 597. The Balaban J connectivity index is 1.83. The molecule has 1 fully saturated rings. The largest absolute Gasteiger partial charge is 0.481 e. The van der Waals surface area contributed by atoms with E-state index in [-0.39, 0.29) is 18.4 Å². The first kappa shape index (κ1) is 12.8. The van der Waals surface area contributed by atoms with Crippen molar-refractivity contribution in [1.82, 2.24) is 15.5 Å². The zero-order chi connectivity index (χ0) is 13.9. The van der Waals surface area contributed by atoms with Crippen LogP contribution in [0.25, 0.3) is 11.4 Å². The number of aromatic nitrogens is 2. The molecule has 0 radical (unpaired) electrons. The molecule has 1 saturated heterocycles. The predicted molar refractivity (Wildman–Crippen MR) is 70.8 cm³/mol. The quantitative estimate of drug-likeness (QED) is 0.884. The first-order valence-corrected chi connectivity index (χ1v) is 6.55. The summed E-state index contributed by atoms with van der Waals surface area (Å²) in [6, 6.07) is 8.00. The fourth-order valence-electron chi connectivity index (χ4n) is 2.74. The van der Waals surface area contributed by atoms with Crippen LogP contribution in [0.4, 0.5) is 0 Å². The van der Waals surface area contributed by atoms with Crippen LogP contribution in [-0.4, -0.2) is 27.8 Å². The van der Waals surface area contributed by atoms with Crippen LogP contribution >= 0.6 is 0 Å². The van der Waals surface area contributed by atoms with Crippen molar-refractivity contribution >= 4 is 5.97 Å². The zero-order valence-corrected chi connectivity index (χ0v) is 10.8. The van der Waals surface area contributed by atoms with Gasteiger partial charge in [-0.15, -0.1) is 0 Å². The summed E-state index contributed by atoms with van der Waals surface area (Å²) in [4.78, 5) is 14.9. The lowest BCUT2D eigenvalue weighted by molar-refractivity contribution is -0.137. The molecule has 2 atom stereocenters. The average Bonchev–Trinajstić information content (AvgIpc) is 3.09. The summed E-state index contributed by atoms with van der Waals surface area (Å²) >= 11 is 0. The predicted octanol–water partition coefficient (Wildman–Crippen LogP) is 1.86. The van der Waals surface area contributed by atoms with Gasteiger partial charge in [0.15, 0.2) is 0 Å². The summed E-state index contributed by atoms with van der Waals surface area (Å²) in [5.74, 6) is -0.0242. The van der Waals surface area contributed by atoms with Gasteiger partial charge in [-0.1, -0.05) is 29.4 Å². The fraction of sp³-hybridized carbons (Fsp3) is 0.357. The molecule has 104 valence electrons. The summed E-state index contributed by atoms with van der Waals surface area (Å²) in [7, 11) is 0. The lowest BCUT2D eigenvalue weighted by Gasteiger charge is -2.14. The maximum absolute atomic E-state index is 10.8. The van der Waals surface area contributed by atoms with Crippen molar-refractivity contribution in [2.75, 3.05) is 6.54 Å². The monoisotopic (exact) mass is 273 g/mol. The third-order valence-electron chi connectivity index (χ3n) is 3.62. The molecule has 1 aromatic heterocycles. The number of aliphatic carboxylic acids is 1. The van der Waals surface area contributed by atoms with Crippen LogP contribution in [0, 0.1) is 5.92 Å². The number of carbonyl (C=O) groups is 1. The summed E-state index contributed by atoms with van der Waals surface area (Å²) in [5.41, 5.74) is 2.01. The topological polar surface area (TPSA) is 88.2 Å². The molecule has 1 aliphatic heterocycles. The Morgan fingerprint density at radius 1 is 1.45 bits per heavy atom. The van der Waals surface area contributed by atoms with Crippen molar-refractivity contribution in [2.24, 2.45) is 5.92 Å². The van der Waals surface area contributed by atoms with Crippen molar-refractivity contribution in [1.29, 1.82) is 0 Å². The van der Waals surface area contributed by atoms with Crippen LogP contribution < -0.4 is 5.32 Å². The molecule has 20 heavy (non-hydrogen) atoms. The first-order valence-electron chi connectivity index (χ1n) is 6.55. The Morgan fingerprint density at radius 3 is 3.05 bits per heavy atom. The van der Waals surface area contributed by atoms with Crippen LogP contribution in [0.15, 0.2) is 35.2 Å². The second-order valence-electron chi connectivity index (χ2n) is 5.00. The van der Waals surface area contributed by atoms with E-state index in [9.17, 15) is 4.79 Å². The van der Waals surface area contributed by atoms with Crippen LogP contribution in [0.2, 0.25) is 0 Å². The zero-order valence-electron chi connectivity index (χ0n) is 10.8. The van der Waals surface area contributed by atoms with Crippen LogP contribution in [-0.2, 0) is 4.79 Å². The number of hydrogen-bond donors (Lipinski definition) is 2. The van der Waals surface area contributed by atoms with Gasteiger partial charge in [-0.3, -0.25) is 4.79 Å². The second-order valence-corrected chi connectivity index (χ2v) is 5.00. The van der Waals surface area contributed by atoms with Gasteiger partial charge in [0.1, 0.15) is 0 Å². The molecule has 0 aliphatic carbocycles. The fourth-order valence-corrected chi connectivity index (χ4v) is 2.74. The van der Waals surface area contributed by atoms with E-state index in [0.29, 0.717) is 5.82 Å². The number of hydrogen-bond acceptors (Lipinski definition) is 5. The van der Waals surface area contributed by atoms with Gasteiger partial charge in [0.2, 0.25) is 12.2 Å². The van der Waals surface area contributed by atoms with Crippen molar-refractivity contribution in [2.45, 2.75) is 18.9 Å². The maximum atomic E-state index is 10.8. The Labute approximate surface area is 115 Å². The molecule has 6 heteroatoms. The molecule has 0 spiro atoms. The number of nitrogens with zero attached hydrogens (tertiary/aromatic N) is 2. The molecule has 1 aromatic carbocycles. The molecular formula is C14H15N3O3. The molecule has 2 heterocycles. The number of carboxylic acids is 1. The van der Waals surface area contributed by atoms with Gasteiger partial charge in [-0.05, 0) is 24.4 Å². The minimum Gasteiger partial charge on any atom is -0.481 e. The highest BCUT2D eigenvalue weighted by molar-refractivity contribution is 5.67. The third kappa shape index (κ3) is 2.55. The SMILES string of the molecule is O=C(O)CC1CNC(c2ccccc2-c2ncon2)C1. The summed E-state index contributed by atoms with van der Waals surface area (Å²) in [6.07, 6.45) is 2.32. The lowest BCUT2D eigenvalue weighted by Crippen LogP contribution is -2.15. The highest BCUT2D eigenvalue weighted by Gasteiger charge is 2.28. The number of benzene rings is 1. The highest BCUT2D eigenvalue weighted by atomic mass is 16.5. The molecule has 0 bridgehead atoms. The smallest absolute Gasteiger partial charge is 0.303 e. The van der Waals surface area contributed by atoms with Crippen molar-refractivity contribution in [3.63, 3.8) is 0 Å². The van der Waals surface area contributed by atoms with E-state index in [2.05, 4.69) is 15.5 Å². The Kier molecular flexibility index (Phi) is 3.47. The molecule has 2 aromatic rings. The minimum absolute atomic E-state index is 0.133. The van der Waals surface area contributed by atoms with E-state index in [1.807, 2.05) is 24.3 Å². The van der Waals surface area contributed by atoms with Gasteiger partial charge < -0.3 is 14.9 Å². The van der Waals surface area contributed by atoms with Gasteiger partial charge in [0, 0.05) is 18.0 Å². The molecule has 6 nitrogen and oxygen atoms in total. The summed E-state index contributed by atoms with van der Waals surface area (Å²) < 4.78 is 4.80. The van der Waals surface area contributed by atoms with E-state index in [1.165, 1.54) is 6.39 Å². The van der Waals surface area contributed by atoms with E-state index < -0.39 is 5.97 Å². The van der Waals surface area contributed by atoms with Crippen molar-refractivity contribution < 1.29 is 14.4 Å². The van der Waals surface area contributed by atoms with Crippen LogP contribution in [0.1, 0.15) is 24.4 Å². The van der Waals surface area contributed by atoms with E-state index in [4.69, 9.17) is 9.63 Å². The summed E-state index contributed by atoms with van der Waals surface area (Å²) in [5, 5.41) is 16.1. The maximum Gasteiger partial charge on any atom is 0.303 e. The average molecular weight is 273 g/mol. The van der Waals surface area contributed by atoms with E-state index >= 15 is 0 Å². The molecule has 2 N–H and O–H groups in total. The summed E-state index contributed by atoms with van der Waals surface area (Å²) in [6.45, 7) is 0.720. The van der Waals surface area contributed by atoms with E-state index in [1.54, 1.807) is 0 Å².